The zero-order chi connectivity index (χ0) is 14.0. The molecule has 1 N–H and O–H groups in total. The third-order valence-corrected chi connectivity index (χ3v) is 3.61. The first-order valence-electron chi connectivity index (χ1n) is 5.33. The Hall–Kier alpha value is -1.34. The Morgan fingerprint density at radius 1 is 1.32 bits per heavy atom. The van der Waals surface area contributed by atoms with Gasteiger partial charge in [-0.05, 0) is 34.1 Å². The van der Waals surface area contributed by atoms with Crippen molar-refractivity contribution in [2.45, 2.75) is 6.54 Å². The highest BCUT2D eigenvalue weighted by Crippen LogP contribution is 2.23. The molecule has 2 aromatic rings. The molecule has 1 aromatic carbocycles. The number of nitrogens with zero attached hydrogens (tertiary/aromatic N) is 1. The summed E-state index contributed by atoms with van der Waals surface area (Å²) in [7, 11) is 1.57. The van der Waals surface area contributed by atoms with Gasteiger partial charge in [-0.25, -0.2) is 4.79 Å². The molecule has 1 heterocycles. The van der Waals surface area contributed by atoms with Crippen LogP contribution in [-0.4, -0.2) is 16.7 Å². The average molecular weight is 390 g/mol. The lowest BCUT2D eigenvalue weighted by Crippen LogP contribution is -2.30. The zero-order valence-corrected chi connectivity index (χ0v) is 13.1. The standard InChI is InChI=1S/C12H10Br2N2O3/c1-19-10-3-2-8(13)4-7(10)5-16-6-9(14)11(17)15-12(16)18/h2-4,6H,5H2,1H3,(H,15,17,18). The second-order valence-corrected chi connectivity index (χ2v) is 5.59. The summed E-state index contributed by atoms with van der Waals surface area (Å²) in [6, 6.07) is 5.53. The Kier molecular flexibility index (Phi) is 4.26. The third-order valence-electron chi connectivity index (χ3n) is 2.55. The zero-order valence-electron chi connectivity index (χ0n) is 9.94. The molecule has 0 bridgehead atoms. The van der Waals surface area contributed by atoms with Gasteiger partial charge in [0, 0.05) is 16.2 Å². The lowest BCUT2D eigenvalue weighted by molar-refractivity contribution is 0.408. The maximum absolute atomic E-state index is 11.7. The minimum absolute atomic E-state index is 0.302. The van der Waals surface area contributed by atoms with Gasteiger partial charge in [0.05, 0.1) is 18.1 Å². The summed E-state index contributed by atoms with van der Waals surface area (Å²) in [5.41, 5.74) is -0.0735. The SMILES string of the molecule is COc1ccc(Br)cc1Cn1cc(Br)c(=O)[nH]c1=O. The number of H-pyrrole nitrogens is 1. The van der Waals surface area contributed by atoms with Crippen molar-refractivity contribution in [1.82, 2.24) is 9.55 Å². The van der Waals surface area contributed by atoms with E-state index in [1.54, 1.807) is 7.11 Å². The summed E-state index contributed by atoms with van der Waals surface area (Å²) >= 11 is 6.47. The van der Waals surface area contributed by atoms with Gasteiger partial charge in [0.1, 0.15) is 5.75 Å². The summed E-state index contributed by atoms with van der Waals surface area (Å²) in [5.74, 6) is 0.678. The number of halogens is 2. The van der Waals surface area contributed by atoms with Crippen LogP contribution in [0.1, 0.15) is 5.56 Å². The van der Waals surface area contributed by atoms with Crippen LogP contribution in [-0.2, 0) is 6.54 Å². The number of hydrogen-bond donors (Lipinski definition) is 1. The van der Waals surface area contributed by atoms with Crippen LogP contribution in [0.25, 0.3) is 0 Å². The van der Waals surface area contributed by atoms with Gasteiger partial charge >= 0.3 is 5.69 Å². The third kappa shape index (κ3) is 3.16. The van der Waals surface area contributed by atoms with Gasteiger partial charge in [-0.15, -0.1) is 0 Å². The molecule has 0 atom stereocenters. The van der Waals surface area contributed by atoms with Crippen LogP contribution in [0.3, 0.4) is 0 Å². The van der Waals surface area contributed by atoms with Crippen molar-refractivity contribution in [1.29, 1.82) is 0 Å². The molecular weight excluding hydrogens is 380 g/mol. The average Bonchev–Trinajstić information content (AvgIpc) is 2.36. The van der Waals surface area contributed by atoms with E-state index in [0.717, 1.165) is 10.0 Å². The molecule has 0 spiro atoms. The molecule has 0 amide bonds. The lowest BCUT2D eigenvalue weighted by atomic mass is 10.2. The highest BCUT2D eigenvalue weighted by atomic mass is 79.9. The Bertz CT molecular complexity index is 722. The molecule has 7 heteroatoms. The van der Waals surface area contributed by atoms with E-state index >= 15 is 0 Å². The van der Waals surface area contributed by atoms with Crippen LogP contribution in [0.2, 0.25) is 0 Å². The maximum Gasteiger partial charge on any atom is 0.328 e. The Morgan fingerprint density at radius 3 is 2.74 bits per heavy atom. The summed E-state index contributed by atoms with van der Waals surface area (Å²) in [6.45, 7) is 0.302. The molecule has 0 aliphatic heterocycles. The van der Waals surface area contributed by atoms with Crippen molar-refractivity contribution in [3.05, 3.63) is 59.7 Å². The number of benzene rings is 1. The number of aromatic nitrogens is 2. The molecule has 100 valence electrons. The fourth-order valence-corrected chi connectivity index (χ4v) is 2.41. The molecular formula is C12H10Br2N2O3. The van der Waals surface area contributed by atoms with Crippen LogP contribution in [0.4, 0.5) is 0 Å². The first kappa shape index (κ1) is 14.1. The molecule has 0 radical (unpaired) electrons. The van der Waals surface area contributed by atoms with Gasteiger partial charge in [0.25, 0.3) is 5.56 Å². The number of aromatic amines is 1. The van der Waals surface area contributed by atoms with Crippen LogP contribution in [0, 0.1) is 0 Å². The van der Waals surface area contributed by atoms with Gasteiger partial charge in [-0.1, -0.05) is 15.9 Å². The van der Waals surface area contributed by atoms with Crippen molar-refractivity contribution < 1.29 is 4.74 Å². The van der Waals surface area contributed by atoms with Gasteiger partial charge in [-0.3, -0.25) is 14.3 Å². The smallest absolute Gasteiger partial charge is 0.328 e. The summed E-state index contributed by atoms with van der Waals surface area (Å²) < 4.78 is 7.84. The van der Waals surface area contributed by atoms with Gasteiger partial charge in [0.2, 0.25) is 0 Å². The van der Waals surface area contributed by atoms with E-state index in [9.17, 15) is 9.59 Å². The second-order valence-electron chi connectivity index (χ2n) is 3.82. The quantitative estimate of drug-likeness (QED) is 0.874. The van der Waals surface area contributed by atoms with E-state index in [0.29, 0.717) is 16.8 Å². The fourth-order valence-electron chi connectivity index (χ4n) is 1.65. The fraction of sp³-hybridized carbons (Fsp3) is 0.167. The minimum atomic E-state index is -0.463. The predicted molar refractivity (Wildman–Crippen MR) is 78.8 cm³/mol. The molecule has 0 aliphatic rings. The van der Waals surface area contributed by atoms with E-state index in [2.05, 4.69) is 36.8 Å². The maximum atomic E-state index is 11.7. The number of hydrogen-bond acceptors (Lipinski definition) is 3. The van der Waals surface area contributed by atoms with Crippen molar-refractivity contribution in [3.63, 3.8) is 0 Å². The molecule has 0 saturated carbocycles. The summed E-state index contributed by atoms with van der Waals surface area (Å²) in [4.78, 5) is 25.2. The highest BCUT2D eigenvalue weighted by molar-refractivity contribution is 9.10. The Labute approximate surface area is 125 Å². The van der Waals surface area contributed by atoms with Gasteiger partial charge in [-0.2, -0.15) is 0 Å². The van der Waals surface area contributed by atoms with Crippen LogP contribution < -0.4 is 16.0 Å². The number of ether oxygens (including phenoxy) is 1. The van der Waals surface area contributed by atoms with E-state index in [4.69, 9.17) is 4.74 Å². The van der Waals surface area contributed by atoms with E-state index in [-0.39, 0.29) is 0 Å². The minimum Gasteiger partial charge on any atom is -0.496 e. The van der Waals surface area contributed by atoms with Crippen LogP contribution >= 0.6 is 31.9 Å². The van der Waals surface area contributed by atoms with Gasteiger partial charge in [0.15, 0.2) is 0 Å². The van der Waals surface area contributed by atoms with Crippen molar-refractivity contribution in [3.8, 4) is 5.75 Å². The Morgan fingerprint density at radius 2 is 2.05 bits per heavy atom. The molecule has 0 aliphatic carbocycles. The lowest BCUT2D eigenvalue weighted by Gasteiger charge is -2.10. The number of methoxy groups -OCH3 is 1. The highest BCUT2D eigenvalue weighted by Gasteiger charge is 2.07. The van der Waals surface area contributed by atoms with E-state index in [1.807, 2.05) is 18.2 Å². The first-order valence-corrected chi connectivity index (χ1v) is 6.91. The largest absolute Gasteiger partial charge is 0.496 e. The van der Waals surface area contributed by atoms with E-state index < -0.39 is 11.2 Å². The molecule has 0 unspecified atom stereocenters. The molecule has 19 heavy (non-hydrogen) atoms. The van der Waals surface area contributed by atoms with E-state index in [1.165, 1.54) is 10.8 Å². The predicted octanol–water partition coefficient (Wildman–Crippen LogP) is 2.12. The van der Waals surface area contributed by atoms with Crippen LogP contribution in [0.15, 0.2) is 42.9 Å². The topological polar surface area (TPSA) is 64.1 Å². The molecule has 0 fully saturated rings. The summed E-state index contributed by atoms with van der Waals surface area (Å²) in [6.07, 6.45) is 1.46. The summed E-state index contributed by atoms with van der Waals surface area (Å²) in [5, 5.41) is 0. The number of rotatable bonds is 3. The van der Waals surface area contributed by atoms with Crippen molar-refractivity contribution >= 4 is 31.9 Å². The second kappa shape index (κ2) is 5.75. The first-order chi connectivity index (χ1) is 9.01. The normalized spacial score (nSPS) is 10.5. The molecule has 0 saturated heterocycles. The molecule has 1 aromatic heterocycles. The van der Waals surface area contributed by atoms with Crippen LogP contribution in [0.5, 0.6) is 5.75 Å². The van der Waals surface area contributed by atoms with Crippen molar-refractivity contribution in [2.24, 2.45) is 0 Å². The Balaban J connectivity index is 2.47. The molecule has 2 rings (SSSR count). The molecule has 5 nitrogen and oxygen atoms in total. The van der Waals surface area contributed by atoms with Gasteiger partial charge < -0.3 is 4.74 Å². The number of nitrogens with one attached hydrogen (secondary N) is 1. The monoisotopic (exact) mass is 388 g/mol. The van der Waals surface area contributed by atoms with Crippen molar-refractivity contribution in [2.75, 3.05) is 7.11 Å².